The number of benzene rings is 2. The number of nitro groups is 1. The third-order valence-electron chi connectivity index (χ3n) is 4.64. The van der Waals surface area contributed by atoms with Crippen LogP contribution >= 0.6 is 0 Å². The summed E-state index contributed by atoms with van der Waals surface area (Å²) >= 11 is 0. The predicted molar refractivity (Wildman–Crippen MR) is 107 cm³/mol. The zero-order valence-corrected chi connectivity index (χ0v) is 15.8. The number of nitro benzene ring substituents is 1. The number of ether oxygens (including phenoxy) is 3. The minimum Gasteiger partial charge on any atom is -0.454 e. The monoisotopic (exact) mass is 408 g/mol. The van der Waals surface area contributed by atoms with Crippen LogP contribution in [0.3, 0.4) is 0 Å². The van der Waals surface area contributed by atoms with Gasteiger partial charge < -0.3 is 19.2 Å². The molecule has 0 unspecified atom stereocenters. The van der Waals surface area contributed by atoms with Crippen molar-refractivity contribution in [3.63, 3.8) is 0 Å². The van der Waals surface area contributed by atoms with E-state index >= 15 is 0 Å². The Morgan fingerprint density at radius 1 is 1.23 bits per heavy atom. The van der Waals surface area contributed by atoms with Gasteiger partial charge in [-0.2, -0.15) is 0 Å². The summed E-state index contributed by atoms with van der Waals surface area (Å²) < 4.78 is 15.4. The summed E-state index contributed by atoms with van der Waals surface area (Å²) in [6.07, 6.45) is 2.27. The lowest BCUT2D eigenvalue weighted by atomic mass is 10.1. The van der Waals surface area contributed by atoms with Crippen LogP contribution in [-0.2, 0) is 9.53 Å². The zero-order valence-electron chi connectivity index (χ0n) is 15.8. The van der Waals surface area contributed by atoms with Crippen LogP contribution < -0.4 is 9.47 Å². The minimum absolute atomic E-state index is 0.0307. The molecule has 0 bridgehead atoms. The molecule has 2 aromatic carbocycles. The van der Waals surface area contributed by atoms with Gasteiger partial charge in [0.15, 0.2) is 18.1 Å². The van der Waals surface area contributed by atoms with Crippen LogP contribution in [0.4, 0.5) is 5.69 Å². The Hall–Kier alpha value is -4.14. The molecule has 0 fully saturated rings. The molecule has 4 rings (SSSR count). The van der Waals surface area contributed by atoms with Crippen molar-refractivity contribution in [2.24, 2.45) is 0 Å². The maximum atomic E-state index is 12.5. The van der Waals surface area contributed by atoms with E-state index in [4.69, 9.17) is 14.2 Å². The van der Waals surface area contributed by atoms with E-state index in [1.165, 1.54) is 18.2 Å². The fraction of sp³-hybridized carbons (Fsp3) is 0.143. The Morgan fingerprint density at radius 3 is 2.73 bits per heavy atom. The van der Waals surface area contributed by atoms with Crippen LogP contribution in [0.1, 0.15) is 21.6 Å². The van der Waals surface area contributed by atoms with Gasteiger partial charge in [-0.25, -0.2) is 4.79 Å². The lowest BCUT2D eigenvalue weighted by Crippen LogP contribution is -2.13. The summed E-state index contributed by atoms with van der Waals surface area (Å²) in [6.45, 7) is 1.29. The summed E-state index contributed by atoms with van der Waals surface area (Å²) in [5.41, 5.74) is 1.88. The van der Waals surface area contributed by atoms with E-state index in [0.717, 1.165) is 17.0 Å². The molecular formula is C21H16N2O7. The van der Waals surface area contributed by atoms with Gasteiger partial charge in [0.1, 0.15) is 0 Å². The summed E-state index contributed by atoms with van der Waals surface area (Å²) in [6, 6.07) is 9.98. The molecule has 0 amide bonds. The van der Waals surface area contributed by atoms with Crippen molar-refractivity contribution >= 4 is 34.4 Å². The quantitative estimate of drug-likeness (QED) is 0.218. The number of H-pyrrole nitrogens is 1. The summed E-state index contributed by atoms with van der Waals surface area (Å²) in [7, 11) is 0. The van der Waals surface area contributed by atoms with Gasteiger partial charge in [0.05, 0.1) is 16.6 Å². The van der Waals surface area contributed by atoms with Gasteiger partial charge in [-0.3, -0.25) is 14.9 Å². The first kappa shape index (κ1) is 19.2. The second-order valence-electron chi connectivity index (χ2n) is 6.56. The van der Waals surface area contributed by atoms with Gasteiger partial charge in [0, 0.05) is 28.2 Å². The number of para-hydroxylation sites is 1. The van der Waals surface area contributed by atoms with E-state index in [0.29, 0.717) is 17.0 Å². The number of rotatable bonds is 6. The molecule has 3 aromatic rings. The number of hydrogen-bond donors (Lipinski definition) is 1. The minimum atomic E-state index is -0.798. The highest BCUT2D eigenvalue weighted by Crippen LogP contribution is 2.38. The fourth-order valence-corrected chi connectivity index (χ4v) is 3.29. The molecule has 2 heterocycles. The lowest BCUT2D eigenvalue weighted by Gasteiger charge is -2.03. The maximum absolute atomic E-state index is 12.5. The van der Waals surface area contributed by atoms with Crippen molar-refractivity contribution in [2.45, 2.75) is 6.92 Å². The topological polar surface area (TPSA) is 121 Å². The molecule has 1 aromatic heterocycles. The molecule has 0 aliphatic carbocycles. The fourth-order valence-electron chi connectivity index (χ4n) is 3.29. The maximum Gasteiger partial charge on any atom is 0.331 e. The average Bonchev–Trinajstić information content (AvgIpc) is 3.32. The Kier molecular flexibility index (Phi) is 4.93. The first-order valence-electron chi connectivity index (χ1n) is 8.97. The Bertz CT molecular complexity index is 1210. The van der Waals surface area contributed by atoms with E-state index in [2.05, 4.69) is 4.98 Å². The van der Waals surface area contributed by atoms with E-state index in [1.807, 2.05) is 24.3 Å². The number of aryl methyl sites for hydroxylation is 1. The number of hydrogen-bond acceptors (Lipinski definition) is 7. The summed E-state index contributed by atoms with van der Waals surface area (Å²) in [5.74, 6) is -0.534. The van der Waals surface area contributed by atoms with Crippen LogP contribution in [-0.4, -0.2) is 35.1 Å². The highest BCUT2D eigenvalue weighted by Gasteiger charge is 2.22. The van der Waals surface area contributed by atoms with Gasteiger partial charge >= 0.3 is 5.97 Å². The SMILES string of the molecule is Cc1[nH]c2ccccc2c1C(=O)COC(=O)/C=C/c1cc2c(cc1[N+](=O)[O-])OCO2. The standard InChI is InChI=1S/C21H16N2O7/c1-12-21(14-4-2-3-5-15(14)22-12)17(24)10-28-20(25)7-6-13-8-18-19(30-11-29-18)9-16(13)23(26)27/h2-9,22H,10-11H2,1H3/b7-6+. The van der Waals surface area contributed by atoms with Crippen LogP contribution in [0.5, 0.6) is 11.5 Å². The number of aromatic amines is 1. The van der Waals surface area contributed by atoms with E-state index < -0.39 is 17.5 Å². The highest BCUT2D eigenvalue weighted by molar-refractivity contribution is 6.10. The smallest absolute Gasteiger partial charge is 0.331 e. The van der Waals surface area contributed by atoms with Crippen molar-refractivity contribution in [3.05, 3.63) is 69.4 Å². The number of nitrogens with one attached hydrogen (secondary N) is 1. The largest absolute Gasteiger partial charge is 0.454 e. The summed E-state index contributed by atoms with van der Waals surface area (Å²) in [5, 5.41) is 12.0. The number of fused-ring (bicyclic) bond motifs is 2. The molecule has 0 saturated carbocycles. The van der Waals surface area contributed by atoms with Crippen LogP contribution in [0.2, 0.25) is 0 Å². The molecular weight excluding hydrogens is 392 g/mol. The number of ketones is 1. The molecule has 30 heavy (non-hydrogen) atoms. The molecule has 1 aliphatic heterocycles. The number of aromatic nitrogens is 1. The second-order valence-corrected chi connectivity index (χ2v) is 6.56. The third kappa shape index (κ3) is 3.60. The number of nitrogens with zero attached hydrogens (tertiary/aromatic N) is 1. The molecule has 152 valence electrons. The van der Waals surface area contributed by atoms with Crippen molar-refractivity contribution in [1.29, 1.82) is 0 Å². The zero-order chi connectivity index (χ0) is 21.3. The molecule has 0 atom stereocenters. The number of carbonyl (C=O) groups excluding carboxylic acids is 2. The number of Topliss-reactive ketones (excluding diaryl/α,β-unsaturated/α-hetero) is 1. The van der Waals surface area contributed by atoms with Gasteiger partial charge in [-0.05, 0) is 25.1 Å². The van der Waals surface area contributed by atoms with Crippen molar-refractivity contribution in [1.82, 2.24) is 4.98 Å². The normalized spacial score (nSPS) is 12.4. The molecule has 9 nitrogen and oxygen atoms in total. The Balaban J connectivity index is 1.46. The third-order valence-corrected chi connectivity index (χ3v) is 4.64. The van der Waals surface area contributed by atoms with Gasteiger partial charge in [0.25, 0.3) is 5.69 Å². The summed E-state index contributed by atoms with van der Waals surface area (Å²) in [4.78, 5) is 38.4. The molecule has 1 aliphatic rings. The molecule has 0 radical (unpaired) electrons. The van der Waals surface area contributed by atoms with E-state index in [-0.39, 0.29) is 29.6 Å². The Labute approximate surface area is 170 Å². The van der Waals surface area contributed by atoms with Gasteiger partial charge in [-0.15, -0.1) is 0 Å². The molecule has 0 saturated heterocycles. The first-order chi connectivity index (χ1) is 14.4. The van der Waals surface area contributed by atoms with Crippen molar-refractivity contribution < 1.29 is 28.7 Å². The Morgan fingerprint density at radius 2 is 1.97 bits per heavy atom. The lowest BCUT2D eigenvalue weighted by molar-refractivity contribution is -0.385. The van der Waals surface area contributed by atoms with Gasteiger partial charge in [0.2, 0.25) is 12.6 Å². The molecule has 9 heteroatoms. The van der Waals surface area contributed by atoms with Crippen LogP contribution in [0.25, 0.3) is 17.0 Å². The van der Waals surface area contributed by atoms with E-state index in [1.54, 1.807) is 6.92 Å². The van der Waals surface area contributed by atoms with Crippen molar-refractivity contribution in [2.75, 3.05) is 13.4 Å². The van der Waals surface area contributed by atoms with E-state index in [9.17, 15) is 19.7 Å². The van der Waals surface area contributed by atoms with Crippen molar-refractivity contribution in [3.8, 4) is 11.5 Å². The second kappa shape index (κ2) is 7.70. The van der Waals surface area contributed by atoms with Crippen LogP contribution in [0, 0.1) is 17.0 Å². The predicted octanol–water partition coefficient (Wildman–Crippen LogP) is 3.55. The average molecular weight is 408 g/mol. The highest BCUT2D eigenvalue weighted by atomic mass is 16.7. The van der Waals surface area contributed by atoms with Crippen LogP contribution in [0.15, 0.2) is 42.5 Å². The molecule has 0 spiro atoms. The molecule has 1 N–H and O–H groups in total. The number of esters is 1. The first-order valence-corrected chi connectivity index (χ1v) is 8.97. The van der Waals surface area contributed by atoms with Gasteiger partial charge in [-0.1, -0.05) is 18.2 Å². The number of carbonyl (C=O) groups is 2.